The zero-order valence-corrected chi connectivity index (χ0v) is 51.5. The van der Waals surface area contributed by atoms with E-state index in [1.54, 1.807) is 0 Å². The first kappa shape index (κ1) is 75.2. The molecule has 0 spiro atoms. The minimum Gasteiger partial charge on any atom is -0.479 e. The minimum absolute atomic E-state index is 0.0424. The van der Waals surface area contributed by atoms with Crippen LogP contribution in [0.1, 0.15) is 290 Å². The molecular weight excluding hydrogens is 1020 g/mol. The van der Waals surface area contributed by atoms with Gasteiger partial charge in [0.2, 0.25) is 0 Å². The van der Waals surface area contributed by atoms with Crippen LogP contribution in [-0.4, -0.2) is 89.2 Å². The van der Waals surface area contributed by atoms with Crippen LogP contribution in [0.3, 0.4) is 0 Å². The van der Waals surface area contributed by atoms with E-state index in [0.29, 0.717) is 19.3 Å². The zero-order chi connectivity index (χ0) is 58.9. The fourth-order valence-corrected chi connectivity index (χ4v) is 9.64. The van der Waals surface area contributed by atoms with E-state index in [1.807, 2.05) is 0 Å². The minimum atomic E-state index is -1.91. The summed E-state index contributed by atoms with van der Waals surface area (Å²) in [5.41, 5.74) is 0. The van der Waals surface area contributed by atoms with Crippen molar-refractivity contribution in [2.45, 2.75) is 327 Å². The highest BCUT2D eigenvalue weighted by atomic mass is 16.7. The smallest absolute Gasteiger partial charge is 0.335 e. The summed E-state index contributed by atoms with van der Waals surface area (Å²) in [7, 11) is 0. The lowest BCUT2D eigenvalue weighted by atomic mass is 9.98. The predicted octanol–water partition coefficient (Wildman–Crippen LogP) is 17.7. The quantitative estimate of drug-likeness (QED) is 0.0228. The molecule has 466 valence electrons. The average molecular weight is 1140 g/mol. The molecule has 1 saturated heterocycles. The van der Waals surface area contributed by atoms with Gasteiger partial charge in [0.05, 0.1) is 6.61 Å². The monoisotopic (exact) mass is 1140 g/mol. The van der Waals surface area contributed by atoms with Crippen molar-refractivity contribution in [2.75, 3.05) is 13.2 Å². The molecule has 6 atom stereocenters. The van der Waals surface area contributed by atoms with E-state index in [0.717, 1.165) is 122 Å². The molecule has 0 bridgehead atoms. The molecule has 0 aromatic heterocycles. The lowest BCUT2D eigenvalue weighted by molar-refractivity contribution is -0.301. The molecule has 12 heteroatoms. The maximum Gasteiger partial charge on any atom is 0.335 e. The van der Waals surface area contributed by atoms with E-state index in [9.17, 15) is 34.5 Å². The number of carbonyl (C=O) groups is 4. The summed E-state index contributed by atoms with van der Waals surface area (Å²) < 4.78 is 28.5. The van der Waals surface area contributed by atoms with Crippen molar-refractivity contribution in [3.63, 3.8) is 0 Å². The molecule has 0 saturated carbocycles. The number of aliphatic carboxylic acids is 1. The van der Waals surface area contributed by atoms with Crippen molar-refractivity contribution in [2.24, 2.45) is 0 Å². The number of carboxylic acids is 1. The van der Waals surface area contributed by atoms with Crippen molar-refractivity contribution in [1.82, 2.24) is 0 Å². The molecular formula is C69H118O12. The van der Waals surface area contributed by atoms with Crippen LogP contribution in [0.2, 0.25) is 0 Å². The van der Waals surface area contributed by atoms with E-state index in [1.165, 1.54) is 109 Å². The fraction of sp³-hybridized carbons (Fsp3) is 0.768. The number of hydrogen-bond acceptors (Lipinski definition) is 11. The summed E-state index contributed by atoms with van der Waals surface area (Å²) in [4.78, 5) is 51.3. The van der Waals surface area contributed by atoms with Gasteiger partial charge >= 0.3 is 23.9 Å². The first-order chi connectivity index (χ1) is 39.6. The number of esters is 3. The van der Waals surface area contributed by atoms with Crippen molar-refractivity contribution in [1.29, 1.82) is 0 Å². The lowest BCUT2D eigenvalue weighted by Gasteiger charge is -2.40. The highest BCUT2D eigenvalue weighted by Crippen LogP contribution is 2.27. The van der Waals surface area contributed by atoms with Gasteiger partial charge in [0, 0.05) is 19.3 Å². The highest BCUT2D eigenvalue weighted by molar-refractivity contribution is 5.74. The molecule has 81 heavy (non-hydrogen) atoms. The zero-order valence-electron chi connectivity index (χ0n) is 51.5. The Kier molecular flexibility index (Phi) is 52.6. The van der Waals surface area contributed by atoms with Gasteiger partial charge in [-0.25, -0.2) is 4.79 Å². The number of hydrogen-bond donors (Lipinski definition) is 3. The van der Waals surface area contributed by atoms with Crippen LogP contribution in [-0.2, 0) is 42.9 Å². The molecule has 1 rings (SSSR count). The number of ether oxygens (including phenoxy) is 5. The van der Waals surface area contributed by atoms with Gasteiger partial charge in [-0.2, -0.15) is 0 Å². The van der Waals surface area contributed by atoms with Gasteiger partial charge in [0.15, 0.2) is 24.6 Å². The maximum atomic E-state index is 13.2. The lowest BCUT2D eigenvalue weighted by Crippen LogP contribution is -2.61. The first-order valence-corrected chi connectivity index (χ1v) is 32.9. The van der Waals surface area contributed by atoms with Gasteiger partial charge in [0.25, 0.3) is 0 Å². The van der Waals surface area contributed by atoms with Crippen LogP contribution in [0.25, 0.3) is 0 Å². The summed E-state index contributed by atoms with van der Waals surface area (Å²) in [6.45, 7) is 5.89. The Morgan fingerprint density at radius 2 is 0.765 bits per heavy atom. The van der Waals surface area contributed by atoms with Crippen LogP contribution < -0.4 is 0 Å². The Morgan fingerprint density at radius 3 is 1.16 bits per heavy atom. The SMILES string of the molecule is CCC/C=C\C/C=C\CCCCCCCC(=O)OC1C(OCC(COC(=O)CCCCCCCCCCC/C=C\C/C=C\CCCCC)OC(=O)CCCCCCCCCCC/C=C\C/C=C\CCCCC)OC(C(=O)O)C(O)C1O. The fourth-order valence-electron chi connectivity index (χ4n) is 9.64. The molecule has 1 fully saturated rings. The second kappa shape index (κ2) is 56.6. The van der Waals surface area contributed by atoms with Crippen LogP contribution in [0.5, 0.6) is 0 Å². The average Bonchev–Trinajstić information content (AvgIpc) is 3.54. The van der Waals surface area contributed by atoms with E-state index in [-0.39, 0.29) is 25.9 Å². The standard InChI is InChI=1S/C69H118O12/c1-4-7-10-13-16-19-22-25-27-29-31-33-35-38-40-43-46-49-52-55-61(70)77-58-60(79-62(71)56-53-50-47-44-42-39-36-34-32-30-28-26-23-20-17-14-11-8-5-2)59-78-69-67(65(74)64(73)66(81-69)68(75)76)80-63(72)57-54-51-48-45-41-37-24-21-18-15-12-9-6-3/h12,15-17,19-21,24-28,60,64-67,69,73-74H,4-11,13-14,18,22-23,29-59H2,1-3H3,(H,75,76)/b15-12-,19-16-,20-17-,24-21-,27-25-,28-26-. The number of aliphatic hydroxyl groups excluding tert-OH is 2. The van der Waals surface area contributed by atoms with Gasteiger partial charge in [-0.05, 0) is 109 Å². The Hall–Kier alpha value is -3.84. The molecule has 0 aromatic carbocycles. The number of carboxylic acid groups (broad SMARTS) is 1. The highest BCUT2D eigenvalue weighted by Gasteiger charge is 2.50. The largest absolute Gasteiger partial charge is 0.479 e. The van der Waals surface area contributed by atoms with Gasteiger partial charge in [-0.3, -0.25) is 14.4 Å². The maximum absolute atomic E-state index is 13.2. The second-order valence-corrected chi connectivity index (χ2v) is 22.4. The Labute approximate surface area is 493 Å². The predicted molar refractivity (Wildman–Crippen MR) is 331 cm³/mol. The molecule has 1 heterocycles. The van der Waals surface area contributed by atoms with Crippen molar-refractivity contribution < 1.29 is 58.2 Å². The number of unbranched alkanes of at least 4 members (excludes halogenated alkanes) is 30. The summed E-state index contributed by atoms with van der Waals surface area (Å²) in [5.74, 6) is -3.13. The van der Waals surface area contributed by atoms with Crippen LogP contribution >= 0.6 is 0 Å². The molecule has 1 aliphatic heterocycles. The Bertz CT molecular complexity index is 1680. The van der Waals surface area contributed by atoms with Crippen molar-refractivity contribution in [3.05, 3.63) is 72.9 Å². The molecule has 3 N–H and O–H groups in total. The van der Waals surface area contributed by atoms with Crippen molar-refractivity contribution in [3.8, 4) is 0 Å². The number of allylic oxidation sites excluding steroid dienone is 12. The number of carbonyl (C=O) groups excluding carboxylic acids is 3. The number of aliphatic hydroxyl groups is 2. The molecule has 0 radical (unpaired) electrons. The number of rotatable bonds is 56. The van der Waals surface area contributed by atoms with Crippen LogP contribution in [0.15, 0.2) is 72.9 Å². The van der Waals surface area contributed by atoms with E-state index >= 15 is 0 Å². The Balaban J connectivity index is 2.65. The summed E-state index contributed by atoms with van der Waals surface area (Å²) in [6, 6.07) is 0. The molecule has 0 aliphatic carbocycles. The van der Waals surface area contributed by atoms with Gasteiger partial charge in [0.1, 0.15) is 18.8 Å². The van der Waals surface area contributed by atoms with Crippen LogP contribution in [0.4, 0.5) is 0 Å². The van der Waals surface area contributed by atoms with E-state index in [2.05, 4.69) is 93.7 Å². The third-order valence-electron chi connectivity index (χ3n) is 14.7. The summed E-state index contributed by atoms with van der Waals surface area (Å²) >= 11 is 0. The molecule has 0 aromatic rings. The molecule has 6 unspecified atom stereocenters. The van der Waals surface area contributed by atoms with E-state index in [4.69, 9.17) is 23.7 Å². The third-order valence-corrected chi connectivity index (χ3v) is 14.7. The van der Waals surface area contributed by atoms with Crippen molar-refractivity contribution >= 4 is 23.9 Å². The topological polar surface area (TPSA) is 175 Å². The summed E-state index contributed by atoms with van der Waals surface area (Å²) in [5, 5.41) is 31.6. The summed E-state index contributed by atoms with van der Waals surface area (Å²) in [6.07, 6.45) is 60.0. The second-order valence-electron chi connectivity index (χ2n) is 22.4. The van der Waals surface area contributed by atoms with Gasteiger partial charge in [-0.1, -0.05) is 235 Å². The first-order valence-electron chi connectivity index (χ1n) is 32.9. The van der Waals surface area contributed by atoms with E-state index < -0.39 is 67.3 Å². The van der Waals surface area contributed by atoms with Gasteiger partial charge in [-0.15, -0.1) is 0 Å². The molecule has 12 nitrogen and oxygen atoms in total. The molecule has 1 aliphatic rings. The normalized spacial score (nSPS) is 18.2. The third kappa shape index (κ3) is 46.3. The Morgan fingerprint density at radius 1 is 0.407 bits per heavy atom. The van der Waals surface area contributed by atoms with Crippen LogP contribution in [0, 0.1) is 0 Å². The van der Waals surface area contributed by atoms with Gasteiger partial charge < -0.3 is 39.0 Å². The molecule has 0 amide bonds.